The van der Waals surface area contributed by atoms with Crippen LogP contribution in [0, 0.1) is 0 Å². The predicted molar refractivity (Wildman–Crippen MR) is 73.9 cm³/mol. The lowest BCUT2D eigenvalue weighted by Crippen LogP contribution is -1.83. The Balaban J connectivity index is 0.000000296. The Morgan fingerprint density at radius 1 is 1.20 bits per heavy atom. The lowest BCUT2D eigenvalue weighted by Gasteiger charge is -1.79. The van der Waals surface area contributed by atoms with Crippen LogP contribution in [-0.2, 0) is 9.84 Å². The second-order valence-electron chi connectivity index (χ2n) is 3.03. The van der Waals surface area contributed by atoms with E-state index < -0.39 is 16.0 Å². The molecule has 1 aromatic heterocycles. The van der Waals surface area contributed by atoms with Crippen LogP contribution in [0.5, 0.6) is 0 Å². The van der Waals surface area contributed by atoms with Crippen molar-refractivity contribution >= 4 is 27.0 Å². The van der Waals surface area contributed by atoms with E-state index in [1.54, 1.807) is 0 Å². The SMILES string of the molecule is C=CS(=O)(=O)C=C.O=C(O)O.c1ccc2[nH]nnc2c1. The number of fused-ring (bicyclic) bond motifs is 1. The summed E-state index contributed by atoms with van der Waals surface area (Å²) in [5, 5.41) is 25.8. The Morgan fingerprint density at radius 3 is 2.10 bits per heavy atom. The Hall–Kier alpha value is -2.68. The van der Waals surface area contributed by atoms with Crippen molar-refractivity contribution in [3.05, 3.63) is 48.2 Å². The quantitative estimate of drug-likeness (QED) is 0.770. The third-order valence-corrected chi connectivity index (χ3v) is 2.63. The summed E-state index contributed by atoms with van der Waals surface area (Å²) in [4.78, 5) is 8.56. The first-order valence-electron chi connectivity index (χ1n) is 5.00. The summed E-state index contributed by atoms with van der Waals surface area (Å²) in [7, 11) is -3.13. The van der Waals surface area contributed by atoms with E-state index in [-0.39, 0.29) is 0 Å². The van der Waals surface area contributed by atoms with Crippen molar-refractivity contribution in [2.24, 2.45) is 0 Å². The molecule has 20 heavy (non-hydrogen) atoms. The van der Waals surface area contributed by atoms with E-state index in [1.807, 2.05) is 24.3 Å². The van der Waals surface area contributed by atoms with Gasteiger partial charge in [-0.05, 0) is 12.1 Å². The zero-order valence-electron chi connectivity index (χ0n) is 10.3. The molecule has 0 aliphatic carbocycles. The summed E-state index contributed by atoms with van der Waals surface area (Å²) in [5.74, 6) is 0. The van der Waals surface area contributed by atoms with E-state index in [4.69, 9.17) is 15.0 Å². The minimum Gasteiger partial charge on any atom is -0.450 e. The van der Waals surface area contributed by atoms with Crippen LogP contribution in [0.2, 0.25) is 0 Å². The fraction of sp³-hybridized carbons (Fsp3) is 0. The second kappa shape index (κ2) is 8.43. The number of hydrogen-bond acceptors (Lipinski definition) is 5. The third kappa shape index (κ3) is 7.61. The fourth-order valence-corrected chi connectivity index (χ4v) is 0.992. The number of hydrogen-bond donors (Lipinski definition) is 3. The average Bonchev–Trinajstić information content (AvgIpc) is 2.87. The Bertz CT molecular complexity index is 630. The van der Waals surface area contributed by atoms with Crippen molar-refractivity contribution in [1.82, 2.24) is 15.4 Å². The molecule has 0 amide bonds. The maximum atomic E-state index is 10.1. The number of aromatic amines is 1. The minimum absolute atomic E-state index is 0.847. The molecule has 0 atom stereocenters. The van der Waals surface area contributed by atoms with Crippen molar-refractivity contribution in [2.75, 3.05) is 0 Å². The molecule has 0 radical (unpaired) electrons. The number of nitrogens with zero attached hydrogens (tertiary/aromatic N) is 2. The first kappa shape index (κ1) is 17.3. The molecular formula is C11H13N3O5S. The molecule has 0 bridgehead atoms. The molecular weight excluding hydrogens is 286 g/mol. The molecule has 0 unspecified atom stereocenters. The highest BCUT2D eigenvalue weighted by molar-refractivity contribution is 7.97. The summed E-state index contributed by atoms with van der Waals surface area (Å²) in [6.45, 7) is 6.09. The van der Waals surface area contributed by atoms with Gasteiger partial charge >= 0.3 is 6.16 Å². The lowest BCUT2D eigenvalue weighted by molar-refractivity contribution is 0.137. The van der Waals surface area contributed by atoms with Gasteiger partial charge in [0.2, 0.25) is 0 Å². The van der Waals surface area contributed by atoms with E-state index in [9.17, 15) is 8.42 Å². The summed E-state index contributed by atoms with van der Waals surface area (Å²) < 4.78 is 20.3. The molecule has 2 rings (SSSR count). The zero-order chi connectivity index (χ0) is 15.6. The van der Waals surface area contributed by atoms with Crippen LogP contribution in [0.25, 0.3) is 11.0 Å². The summed E-state index contributed by atoms with van der Waals surface area (Å²) >= 11 is 0. The number of sulfone groups is 1. The van der Waals surface area contributed by atoms with Crippen molar-refractivity contribution in [1.29, 1.82) is 0 Å². The second-order valence-corrected chi connectivity index (χ2v) is 4.88. The number of para-hydroxylation sites is 1. The Kier molecular flexibility index (Phi) is 7.30. The molecule has 0 aliphatic rings. The number of H-pyrrole nitrogens is 1. The normalized spacial score (nSPS) is 9.40. The molecule has 0 aliphatic heterocycles. The van der Waals surface area contributed by atoms with Crippen molar-refractivity contribution < 1.29 is 23.4 Å². The van der Waals surface area contributed by atoms with Crippen LogP contribution in [0.3, 0.4) is 0 Å². The fourth-order valence-electron chi connectivity index (χ4n) is 0.856. The summed E-state index contributed by atoms with van der Waals surface area (Å²) in [6, 6.07) is 7.74. The van der Waals surface area contributed by atoms with E-state index in [2.05, 4.69) is 28.6 Å². The van der Waals surface area contributed by atoms with E-state index in [1.165, 1.54) is 0 Å². The van der Waals surface area contributed by atoms with E-state index in [0.717, 1.165) is 21.8 Å². The van der Waals surface area contributed by atoms with E-state index in [0.29, 0.717) is 0 Å². The third-order valence-electron chi connectivity index (χ3n) is 1.70. The highest BCUT2D eigenvalue weighted by Crippen LogP contribution is 2.03. The number of aromatic nitrogens is 3. The maximum absolute atomic E-state index is 10.1. The van der Waals surface area contributed by atoms with Crippen LogP contribution in [-0.4, -0.2) is 40.2 Å². The molecule has 1 heterocycles. The van der Waals surface area contributed by atoms with Gasteiger partial charge in [0.1, 0.15) is 5.52 Å². The van der Waals surface area contributed by atoms with Gasteiger partial charge in [0.05, 0.1) is 5.52 Å². The van der Waals surface area contributed by atoms with Crippen LogP contribution in [0.15, 0.2) is 48.2 Å². The highest BCUT2D eigenvalue weighted by Gasteiger charge is 1.91. The number of carbonyl (C=O) groups is 1. The predicted octanol–water partition coefficient (Wildman–Crippen LogP) is 1.87. The number of rotatable bonds is 2. The maximum Gasteiger partial charge on any atom is 0.503 e. The summed E-state index contributed by atoms with van der Waals surface area (Å²) in [6.07, 6.45) is -1.83. The monoisotopic (exact) mass is 299 g/mol. The topological polar surface area (TPSA) is 133 Å². The summed E-state index contributed by atoms with van der Waals surface area (Å²) in [5.41, 5.74) is 1.90. The van der Waals surface area contributed by atoms with Crippen LogP contribution < -0.4 is 0 Å². The van der Waals surface area contributed by atoms with Gasteiger partial charge in [-0.1, -0.05) is 30.5 Å². The Morgan fingerprint density at radius 2 is 1.70 bits per heavy atom. The van der Waals surface area contributed by atoms with Gasteiger partial charge in [-0.3, -0.25) is 5.10 Å². The van der Waals surface area contributed by atoms with Gasteiger partial charge < -0.3 is 10.2 Å². The minimum atomic E-state index is -3.13. The highest BCUT2D eigenvalue weighted by atomic mass is 32.2. The lowest BCUT2D eigenvalue weighted by atomic mass is 10.3. The zero-order valence-corrected chi connectivity index (χ0v) is 11.1. The average molecular weight is 299 g/mol. The molecule has 1 aromatic carbocycles. The molecule has 0 saturated heterocycles. The van der Waals surface area contributed by atoms with Crippen LogP contribution in [0.1, 0.15) is 0 Å². The largest absolute Gasteiger partial charge is 0.503 e. The van der Waals surface area contributed by atoms with E-state index >= 15 is 0 Å². The van der Waals surface area contributed by atoms with Crippen LogP contribution >= 0.6 is 0 Å². The van der Waals surface area contributed by atoms with Gasteiger partial charge in [0.15, 0.2) is 9.84 Å². The van der Waals surface area contributed by atoms with Crippen molar-refractivity contribution in [2.45, 2.75) is 0 Å². The van der Waals surface area contributed by atoms with Crippen molar-refractivity contribution in [3.63, 3.8) is 0 Å². The molecule has 8 nitrogen and oxygen atoms in total. The smallest absolute Gasteiger partial charge is 0.450 e. The number of carboxylic acid groups (broad SMARTS) is 2. The van der Waals surface area contributed by atoms with Gasteiger partial charge in [0, 0.05) is 10.8 Å². The van der Waals surface area contributed by atoms with Gasteiger partial charge in [0.25, 0.3) is 0 Å². The van der Waals surface area contributed by atoms with Crippen molar-refractivity contribution in [3.8, 4) is 0 Å². The molecule has 9 heteroatoms. The first-order valence-corrected chi connectivity index (χ1v) is 6.61. The molecule has 0 saturated carbocycles. The first-order chi connectivity index (χ1) is 9.32. The molecule has 0 fully saturated rings. The van der Waals surface area contributed by atoms with Gasteiger partial charge in [-0.25, -0.2) is 13.2 Å². The molecule has 3 N–H and O–H groups in total. The number of nitrogens with one attached hydrogen (secondary N) is 1. The van der Waals surface area contributed by atoms with Gasteiger partial charge in [-0.2, -0.15) is 0 Å². The van der Waals surface area contributed by atoms with Crippen LogP contribution in [0.4, 0.5) is 4.79 Å². The molecule has 2 aromatic rings. The van der Waals surface area contributed by atoms with Gasteiger partial charge in [-0.15, -0.1) is 5.10 Å². The molecule has 108 valence electrons. The Labute approximate surface area is 115 Å². The standard InChI is InChI=1S/C6H5N3.C4H6O2S.CH2O3/c1-2-4-6-5(3-1)7-9-8-6;1-3-7(5,6)4-2;2-1(3)4/h1-4H,(H,7,8,9);3-4H,1-2H2;(H2,2,3,4). The molecule has 0 spiro atoms. The number of benzene rings is 1.